The molecule has 0 fully saturated rings. The first-order valence-electron chi connectivity index (χ1n) is 5.80. The molecule has 0 amide bonds. The first-order chi connectivity index (χ1) is 8.01. The lowest BCUT2D eigenvalue weighted by Crippen LogP contribution is -2.34. The van der Waals surface area contributed by atoms with E-state index in [2.05, 4.69) is 26.2 Å². The molecule has 4 heteroatoms. The summed E-state index contributed by atoms with van der Waals surface area (Å²) >= 11 is 0. The van der Waals surface area contributed by atoms with E-state index in [1.807, 2.05) is 0 Å². The third kappa shape index (κ3) is 3.17. The Kier molecular flexibility index (Phi) is 4.90. The second-order valence-electron chi connectivity index (χ2n) is 4.63. The molecule has 0 bridgehead atoms. The Bertz CT molecular complexity index is 368. The van der Waals surface area contributed by atoms with Gasteiger partial charge in [-0.05, 0) is 30.0 Å². The van der Waals surface area contributed by atoms with E-state index < -0.39 is 0 Å². The van der Waals surface area contributed by atoms with Gasteiger partial charge in [0, 0.05) is 5.56 Å². The molecule has 3 N–H and O–H groups in total. The van der Waals surface area contributed by atoms with E-state index in [-0.39, 0.29) is 17.8 Å². The first-order valence-corrected chi connectivity index (χ1v) is 5.80. The molecule has 0 heterocycles. The molecule has 0 saturated heterocycles. The fourth-order valence-electron chi connectivity index (χ4n) is 1.86. The zero-order valence-electron chi connectivity index (χ0n) is 10.8. The first kappa shape index (κ1) is 13.9. The van der Waals surface area contributed by atoms with Crippen molar-refractivity contribution in [1.29, 1.82) is 0 Å². The minimum Gasteiger partial charge on any atom is -0.496 e. The maximum absolute atomic E-state index is 13.3. The highest BCUT2D eigenvalue weighted by atomic mass is 19.1. The molecule has 1 aromatic carbocycles. The van der Waals surface area contributed by atoms with Crippen LogP contribution in [0.2, 0.25) is 0 Å². The quantitative estimate of drug-likeness (QED) is 0.614. The van der Waals surface area contributed by atoms with Crippen molar-refractivity contribution in [2.45, 2.75) is 26.8 Å². The minimum atomic E-state index is -0.281. The maximum Gasteiger partial charge on any atom is 0.123 e. The van der Waals surface area contributed by atoms with Crippen LogP contribution in [-0.2, 0) is 0 Å². The molecule has 0 aliphatic heterocycles. The van der Waals surface area contributed by atoms with Crippen molar-refractivity contribution in [2.75, 3.05) is 7.11 Å². The molecule has 1 aromatic rings. The van der Waals surface area contributed by atoms with Crippen LogP contribution in [0.25, 0.3) is 0 Å². The average molecular weight is 240 g/mol. The predicted octanol–water partition coefficient (Wildman–Crippen LogP) is 2.63. The van der Waals surface area contributed by atoms with Crippen LogP contribution in [0.1, 0.15) is 32.4 Å². The smallest absolute Gasteiger partial charge is 0.123 e. The summed E-state index contributed by atoms with van der Waals surface area (Å²) in [6.07, 6.45) is 0. The minimum absolute atomic E-state index is 0.124. The van der Waals surface area contributed by atoms with E-state index in [9.17, 15) is 4.39 Å². The zero-order valence-corrected chi connectivity index (χ0v) is 10.8. The van der Waals surface area contributed by atoms with Gasteiger partial charge in [0.2, 0.25) is 0 Å². The van der Waals surface area contributed by atoms with Crippen LogP contribution in [0.3, 0.4) is 0 Å². The van der Waals surface area contributed by atoms with Crippen molar-refractivity contribution in [3.05, 3.63) is 29.6 Å². The summed E-state index contributed by atoms with van der Waals surface area (Å²) in [5, 5.41) is 0. The van der Waals surface area contributed by atoms with Gasteiger partial charge in [0.25, 0.3) is 0 Å². The average Bonchev–Trinajstić information content (AvgIpc) is 2.30. The Hall–Kier alpha value is -1.13. The number of hydrazine groups is 1. The molecule has 2 unspecified atom stereocenters. The molecular weight excluding hydrogens is 219 g/mol. The second-order valence-corrected chi connectivity index (χ2v) is 4.63. The molecule has 2 atom stereocenters. The largest absolute Gasteiger partial charge is 0.496 e. The standard InChI is InChI=1S/C13H21FN2O/c1-8(2)9(3)13(16-15)11-7-10(14)5-6-12(11)17-4/h5-9,13,16H,15H2,1-4H3. The normalized spacial score (nSPS) is 14.8. The molecule has 0 aliphatic carbocycles. The number of nitrogens with two attached hydrogens (primary N) is 1. The maximum atomic E-state index is 13.3. The van der Waals surface area contributed by atoms with Gasteiger partial charge in [0.05, 0.1) is 13.2 Å². The number of ether oxygens (including phenoxy) is 1. The van der Waals surface area contributed by atoms with Gasteiger partial charge in [-0.25, -0.2) is 4.39 Å². The Balaban J connectivity index is 3.14. The second kappa shape index (κ2) is 5.98. The van der Waals surface area contributed by atoms with Crippen molar-refractivity contribution in [3.63, 3.8) is 0 Å². The molecule has 3 nitrogen and oxygen atoms in total. The van der Waals surface area contributed by atoms with E-state index in [0.717, 1.165) is 5.56 Å². The van der Waals surface area contributed by atoms with Crippen LogP contribution >= 0.6 is 0 Å². The van der Waals surface area contributed by atoms with Crippen molar-refractivity contribution < 1.29 is 9.13 Å². The number of methoxy groups -OCH3 is 1. The van der Waals surface area contributed by atoms with Gasteiger partial charge in [0.1, 0.15) is 11.6 Å². The summed E-state index contributed by atoms with van der Waals surface area (Å²) < 4.78 is 18.6. The van der Waals surface area contributed by atoms with E-state index >= 15 is 0 Å². The van der Waals surface area contributed by atoms with Gasteiger partial charge in [0.15, 0.2) is 0 Å². The summed E-state index contributed by atoms with van der Waals surface area (Å²) in [7, 11) is 1.57. The fraction of sp³-hybridized carbons (Fsp3) is 0.538. The molecule has 0 aliphatic rings. The third-order valence-electron chi connectivity index (χ3n) is 3.28. The predicted molar refractivity (Wildman–Crippen MR) is 67.0 cm³/mol. The topological polar surface area (TPSA) is 47.3 Å². The number of halogens is 1. The highest BCUT2D eigenvalue weighted by Gasteiger charge is 2.24. The molecule has 96 valence electrons. The van der Waals surface area contributed by atoms with E-state index in [4.69, 9.17) is 10.6 Å². The number of hydrogen-bond acceptors (Lipinski definition) is 3. The molecular formula is C13H21FN2O. The summed E-state index contributed by atoms with van der Waals surface area (Å²) in [4.78, 5) is 0. The monoisotopic (exact) mass is 240 g/mol. The number of rotatable bonds is 5. The Morgan fingerprint density at radius 3 is 2.41 bits per heavy atom. The van der Waals surface area contributed by atoms with E-state index in [0.29, 0.717) is 11.7 Å². The highest BCUT2D eigenvalue weighted by molar-refractivity contribution is 5.36. The van der Waals surface area contributed by atoms with Crippen LogP contribution in [0, 0.1) is 17.7 Å². The van der Waals surface area contributed by atoms with Gasteiger partial charge < -0.3 is 4.74 Å². The van der Waals surface area contributed by atoms with Crippen molar-refractivity contribution in [2.24, 2.45) is 17.7 Å². The Morgan fingerprint density at radius 2 is 1.94 bits per heavy atom. The lowest BCUT2D eigenvalue weighted by molar-refractivity contribution is 0.295. The number of nitrogens with one attached hydrogen (secondary N) is 1. The molecule has 17 heavy (non-hydrogen) atoms. The number of hydrogen-bond donors (Lipinski definition) is 2. The van der Waals surface area contributed by atoms with Crippen molar-refractivity contribution >= 4 is 0 Å². The number of benzene rings is 1. The van der Waals surface area contributed by atoms with Gasteiger partial charge in [-0.2, -0.15) is 0 Å². The summed E-state index contributed by atoms with van der Waals surface area (Å²) in [5.41, 5.74) is 3.52. The molecule has 0 spiro atoms. The Labute approximate surface area is 102 Å². The van der Waals surface area contributed by atoms with Gasteiger partial charge in [-0.3, -0.25) is 11.3 Å². The zero-order chi connectivity index (χ0) is 13.0. The summed E-state index contributed by atoms with van der Waals surface area (Å²) in [6, 6.07) is 4.36. The van der Waals surface area contributed by atoms with Crippen molar-refractivity contribution in [3.8, 4) is 5.75 Å². The lowest BCUT2D eigenvalue weighted by Gasteiger charge is -2.27. The van der Waals surface area contributed by atoms with Crippen LogP contribution in [-0.4, -0.2) is 7.11 Å². The van der Waals surface area contributed by atoms with E-state index in [1.165, 1.54) is 12.1 Å². The Morgan fingerprint density at radius 1 is 1.29 bits per heavy atom. The van der Waals surface area contributed by atoms with Crippen LogP contribution in [0.15, 0.2) is 18.2 Å². The lowest BCUT2D eigenvalue weighted by atomic mass is 9.86. The van der Waals surface area contributed by atoms with Gasteiger partial charge >= 0.3 is 0 Å². The van der Waals surface area contributed by atoms with Crippen LogP contribution in [0.4, 0.5) is 4.39 Å². The van der Waals surface area contributed by atoms with E-state index in [1.54, 1.807) is 13.2 Å². The fourth-order valence-corrected chi connectivity index (χ4v) is 1.86. The molecule has 0 saturated carbocycles. The SMILES string of the molecule is COc1ccc(F)cc1C(NN)C(C)C(C)C. The van der Waals surface area contributed by atoms with Crippen LogP contribution < -0.4 is 16.0 Å². The molecule has 0 aromatic heterocycles. The third-order valence-corrected chi connectivity index (χ3v) is 3.28. The molecule has 1 rings (SSSR count). The van der Waals surface area contributed by atoms with Crippen LogP contribution in [0.5, 0.6) is 5.75 Å². The summed E-state index contributed by atoms with van der Waals surface area (Å²) in [6.45, 7) is 6.31. The summed E-state index contributed by atoms with van der Waals surface area (Å²) in [5.74, 6) is 6.67. The van der Waals surface area contributed by atoms with Gasteiger partial charge in [-0.1, -0.05) is 20.8 Å². The highest BCUT2D eigenvalue weighted by Crippen LogP contribution is 2.33. The van der Waals surface area contributed by atoms with Crippen molar-refractivity contribution in [1.82, 2.24) is 5.43 Å². The van der Waals surface area contributed by atoms with Gasteiger partial charge in [-0.15, -0.1) is 0 Å². The molecule has 0 radical (unpaired) electrons.